The standard InChI is InChI=1S/C7H12O4.Rb/c1-2-3-4-11-7(10)5-6(8)9;/h2-5H2,1H3,(H,8,9);. The van der Waals surface area contributed by atoms with Crippen molar-refractivity contribution in [3.63, 3.8) is 0 Å². The topological polar surface area (TPSA) is 63.6 Å². The van der Waals surface area contributed by atoms with Gasteiger partial charge in [-0.2, -0.15) is 0 Å². The molecular formula is C7H12O4Rb. The van der Waals surface area contributed by atoms with Crippen LogP contribution >= 0.6 is 0 Å². The maximum atomic E-state index is 10.5. The molecule has 0 rings (SSSR count). The smallest absolute Gasteiger partial charge is 0.317 e. The van der Waals surface area contributed by atoms with Crippen molar-refractivity contribution in [2.24, 2.45) is 0 Å². The first-order valence-corrected chi connectivity index (χ1v) is 3.54. The molecule has 4 nitrogen and oxygen atoms in total. The number of unbranched alkanes of at least 4 members (excludes halogenated alkanes) is 1. The average Bonchev–Trinajstić information content (AvgIpc) is 1.86. The van der Waals surface area contributed by atoms with E-state index >= 15 is 0 Å². The third-order valence-corrected chi connectivity index (χ3v) is 1.06. The molecule has 0 bridgehead atoms. The number of carbonyl (C=O) groups is 2. The van der Waals surface area contributed by atoms with Gasteiger partial charge < -0.3 is 9.84 Å². The quantitative estimate of drug-likeness (QED) is 0.433. The molecule has 0 amide bonds. The minimum Gasteiger partial charge on any atom is -0.481 e. The monoisotopic (exact) mass is 245 g/mol. The molecule has 0 aromatic heterocycles. The van der Waals surface area contributed by atoms with E-state index in [-0.39, 0.29) is 58.2 Å². The van der Waals surface area contributed by atoms with Crippen molar-refractivity contribution >= 4 is 70.1 Å². The van der Waals surface area contributed by atoms with Crippen LogP contribution in [0.2, 0.25) is 0 Å². The Morgan fingerprint density at radius 2 is 2.00 bits per heavy atom. The number of rotatable bonds is 5. The van der Waals surface area contributed by atoms with E-state index in [0.29, 0.717) is 6.61 Å². The summed E-state index contributed by atoms with van der Waals surface area (Å²) in [6, 6.07) is 0. The Hall–Kier alpha value is 0.745. The summed E-state index contributed by atoms with van der Waals surface area (Å²) >= 11 is 0. The fourth-order valence-electron chi connectivity index (χ4n) is 0.505. The number of carbonyl (C=O) groups excluding carboxylic acids is 1. The third kappa shape index (κ3) is 10.7. The molecule has 0 aromatic rings. The first-order valence-electron chi connectivity index (χ1n) is 3.54. The maximum Gasteiger partial charge on any atom is 0.317 e. The van der Waals surface area contributed by atoms with Gasteiger partial charge in [0.15, 0.2) is 0 Å². The summed E-state index contributed by atoms with van der Waals surface area (Å²) in [5.74, 6) is -1.81. The van der Waals surface area contributed by atoms with E-state index in [1.807, 2.05) is 6.92 Å². The molecule has 65 valence electrons. The van der Waals surface area contributed by atoms with E-state index in [1.54, 1.807) is 0 Å². The zero-order valence-electron chi connectivity index (χ0n) is 7.50. The Bertz CT molecular complexity index is 146. The predicted octanol–water partition coefficient (Wildman–Crippen LogP) is 0.424. The fraction of sp³-hybridized carbons (Fsp3) is 0.714. The van der Waals surface area contributed by atoms with Crippen LogP contribution in [0.3, 0.4) is 0 Å². The van der Waals surface area contributed by atoms with Gasteiger partial charge in [0.2, 0.25) is 0 Å². The number of hydrogen-bond donors (Lipinski definition) is 1. The second-order valence-corrected chi connectivity index (χ2v) is 2.14. The molecule has 0 saturated heterocycles. The van der Waals surface area contributed by atoms with Crippen LogP contribution in [-0.4, -0.2) is 81.8 Å². The van der Waals surface area contributed by atoms with Crippen molar-refractivity contribution in [2.45, 2.75) is 26.2 Å². The Morgan fingerprint density at radius 1 is 1.42 bits per heavy atom. The molecule has 1 N–H and O–H groups in total. The molecule has 0 aliphatic rings. The Kier molecular flexibility index (Phi) is 12.5. The van der Waals surface area contributed by atoms with Crippen LogP contribution in [0.5, 0.6) is 0 Å². The molecule has 0 fully saturated rings. The largest absolute Gasteiger partial charge is 0.481 e. The number of carboxylic acids is 1. The summed E-state index contributed by atoms with van der Waals surface area (Å²) in [5.41, 5.74) is 0. The van der Waals surface area contributed by atoms with Gasteiger partial charge in [0.25, 0.3) is 0 Å². The van der Waals surface area contributed by atoms with Crippen LogP contribution in [0.1, 0.15) is 26.2 Å². The van der Waals surface area contributed by atoms with Gasteiger partial charge in [-0.25, -0.2) is 0 Å². The Balaban J connectivity index is 0. The normalized spacial score (nSPS) is 8.42. The van der Waals surface area contributed by atoms with Crippen molar-refractivity contribution in [3.05, 3.63) is 0 Å². The van der Waals surface area contributed by atoms with Crippen molar-refractivity contribution in [1.29, 1.82) is 0 Å². The zero-order valence-corrected chi connectivity index (χ0v) is 12.4. The van der Waals surface area contributed by atoms with Crippen LogP contribution in [0.15, 0.2) is 0 Å². The predicted molar refractivity (Wildman–Crippen MR) is 43.9 cm³/mol. The Labute approximate surface area is 120 Å². The molecule has 0 unspecified atom stereocenters. The van der Waals surface area contributed by atoms with Crippen LogP contribution in [0.25, 0.3) is 0 Å². The molecule has 0 atom stereocenters. The summed E-state index contributed by atoms with van der Waals surface area (Å²) in [7, 11) is 0. The van der Waals surface area contributed by atoms with Gasteiger partial charge in [0.1, 0.15) is 6.42 Å². The number of ether oxygens (including phenoxy) is 1. The zero-order chi connectivity index (χ0) is 8.69. The first-order chi connectivity index (χ1) is 5.16. The molecular weight excluding hydrogens is 234 g/mol. The van der Waals surface area contributed by atoms with Crippen LogP contribution in [0.4, 0.5) is 0 Å². The molecule has 12 heavy (non-hydrogen) atoms. The van der Waals surface area contributed by atoms with E-state index in [0.717, 1.165) is 12.8 Å². The molecule has 5 heteroatoms. The molecule has 0 aliphatic heterocycles. The average molecular weight is 246 g/mol. The fourth-order valence-corrected chi connectivity index (χ4v) is 0.505. The van der Waals surface area contributed by atoms with Gasteiger partial charge >= 0.3 is 11.9 Å². The molecule has 0 saturated carbocycles. The second kappa shape index (κ2) is 9.83. The van der Waals surface area contributed by atoms with E-state index < -0.39 is 18.4 Å². The molecule has 0 spiro atoms. The van der Waals surface area contributed by atoms with Crippen molar-refractivity contribution in [2.75, 3.05) is 6.61 Å². The van der Waals surface area contributed by atoms with Gasteiger partial charge in [0, 0.05) is 58.2 Å². The number of carboxylic acid groups (broad SMARTS) is 1. The van der Waals surface area contributed by atoms with Gasteiger partial charge in [-0.05, 0) is 6.42 Å². The summed E-state index contributed by atoms with van der Waals surface area (Å²) < 4.78 is 4.57. The molecule has 0 heterocycles. The molecule has 0 aromatic carbocycles. The van der Waals surface area contributed by atoms with Crippen molar-refractivity contribution in [3.8, 4) is 0 Å². The van der Waals surface area contributed by atoms with Gasteiger partial charge in [-0.15, -0.1) is 0 Å². The van der Waals surface area contributed by atoms with E-state index in [4.69, 9.17) is 5.11 Å². The molecule has 1 radical (unpaired) electrons. The van der Waals surface area contributed by atoms with Gasteiger partial charge in [-0.1, -0.05) is 13.3 Å². The maximum absolute atomic E-state index is 10.5. The molecule has 0 aliphatic carbocycles. The minimum atomic E-state index is -1.15. The van der Waals surface area contributed by atoms with Crippen molar-refractivity contribution < 1.29 is 19.4 Å². The third-order valence-electron chi connectivity index (χ3n) is 1.06. The van der Waals surface area contributed by atoms with Crippen molar-refractivity contribution in [1.82, 2.24) is 0 Å². The summed E-state index contributed by atoms with van der Waals surface area (Å²) in [6.45, 7) is 2.29. The van der Waals surface area contributed by atoms with Crippen LogP contribution < -0.4 is 0 Å². The SMILES string of the molecule is CCCCOC(=O)CC(=O)O.[Rb]. The van der Waals surface area contributed by atoms with E-state index in [9.17, 15) is 9.59 Å². The summed E-state index contributed by atoms with van der Waals surface area (Å²) in [4.78, 5) is 20.5. The first kappa shape index (κ1) is 15.2. The van der Waals surface area contributed by atoms with Crippen LogP contribution in [0, 0.1) is 0 Å². The Morgan fingerprint density at radius 3 is 2.42 bits per heavy atom. The number of aliphatic carboxylic acids is 1. The second-order valence-electron chi connectivity index (χ2n) is 2.14. The number of hydrogen-bond acceptors (Lipinski definition) is 3. The summed E-state index contributed by atoms with van der Waals surface area (Å²) in [5, 5.41) is 8.14. The van der Waals surface area contributed by atoms with E-state index in [1.165, 1.54) is 0 Å². The number of esters is 1. The van der Waals surface area contributed by atoms with E-state index in [2.05, 4.69) is 4.74 Å². The van der Waals surface area contributed by atoms with Gasteiger partial charge in [0.05, 0.1) is 6.61 Å². The van der Waals surface area contributed by atoms with Crippen LogP contribution in [-0.2, 0) is 14.3 Å². The minimum absolute atomic E-state index is 0. The van der Waals surface area contributed by atoms with Gasteiger partial charge in [-0.3, -0.25) is 9.59 Å². The summed E-state index contributed by atoms with van der Waals surface area (Å²) in [6.07, 6.45) is 1.18.